The highest BCUT2D eigenvalue weighted by molar-refractivity contribution is 5.46. The molecule has 0 aromatic heterocycles. The van der Waals surface area contributed by atoms with Crippen molar-refractivity contribution in [2.75, 3.05) is 0 Å². The van der Waals surface area contributed by atoms with Crippen molar-refractivity contribution in [3.05, 3.63) is 29.5 Å². The molecular formula is C17H22N2. The van der Waals surface area contributed by atoms with Crippen molar-refractivity contribution in [3.63, 3.8) is 0 Å². The SMILES string of the molecule is C=C=CC1(CC)CC(C)CC(CC)C1=C(C#N)C#N. The molecule has 0 heterocycles. The minimum absolute atomic E-state index is 0.207. The maximum absolute atomic E-state index is 9.27. The quantitative estimate of drug-likeness (QED) is 0.549. The zero-order valence-electron chi connectivity index (χ0n) is 12.2. The van der Waals surface area contributed by atoms with E-state index in [0.29, 0.717) is 17.4 Å². The van der Waals surface area contributed by atoms with E-state index in [4.69, 9.17) is 0 Å². The zero-order valence-corrected chi connectivity index (χ0v) is 12.2. The molecule has 1 aliphatic carbocycles. The number of hydrogen-bond acceptors (Lipinski definition) is 2. The third-order valence-corrected chi connectivity index (χ3v) is 4.34. The number of nitrogens with zero attached hydrogens (tertiary/aromatic N) is 2. The summed E-state index contributed by atoms with van der Waals surface area (Å²) in [4.78, 5) is 0. The van der Waals surface area contributed by atoms with Gasteiger partial charge in [-0.3, -0.25) is 0 Å². The Hall–Kier alpha value is -1.76. The van der Waals surface area contributed by atoms with Gasteiger partial charge in [0.05, 0.1) is 0 Å². The lowest BCUT2D eigenvalue weighted by Gasteiger charge is -2.44. The fraction of sp³-hybridized carbons (Fsp3) is 0.588. The largest absolute Gasteiger partial charge is 0.192 e. The third kappa shape index (κ3) is 2.81. The maximum Gasteiger partial charge on any atom is 0.130 e. The monoisotopic (exact) mass is 254 g/mol. The molecule has 3 atom stereocenters. The van der Waals surface area contributed by atoms with Crippen molar-refractivity contribution in [1.82, 2.24) is 0 Å². The molecule has 0 aliphatic heterocycles. The normalized spacial score (nSPS) is 29.8. The van der Waals surface area contributed by atoms with Gasteiger partial charge in [0.1, 0.15) is 17.7 Å². The molecule has 19 heavy (non-hydrogen) atoms. The lowest BCUT2D eigenvalue weighted by Crippen LogP contribution is -2.34. The molecule has 0 bridgehead atoms. The van der Waals surface area contributed by atoms with Crippen LogP contribution < -0.4 is 0 Å². The van der Waals surface area contributed by atoms with E-state index in [1.165, 1.54) is 0 Å². The molecule has 1 aliphatic rings. The standard InChI is InChI=1S/C17H22N2/c1-5-8-17(7-3)10-13(4)9-14(6-2)16(17)15(11-18)12-19/h8,13-14H,1,6-7,9-10H2,2-4H3. The van der Waals surface area contributed by atoms with Gasteiger partial charge in [0.15, 0.2) is 0 Å². The Morgan fingerprint density at radius 1 is 1.42 bits per heavy atom. The molecule has 0 aromatic carbocycles. The highest BCUT2D eigenvalue weighted by atomic mass is 14.5. The van der Waals surface area contributed by atoms with E-state index in [9.17, 15) is 10.5 Å². The van der Waals surface area contributed by atoms with Crippen molar-refractivity contribution < 1.29 is 0 Å². The summed E-state index contributed by atoms with van der Waals surface area (Å²) in [6.07, 6.45) is 5.88. The van der Waals surface area contributed by atoms with Crippen LogP contribution in [0.2, 0.25) is 0 Å². The molecule has 0 radical (unpaired) electrons. The third-order valence-electron chi connectivity index (χ3n) is 4.34. The van der Waals surface area contributed by atoms with E-state index in [0.717, 1.165) is 31.3 Å². The summed E-state index contributed by atoms with van der Waals surface area (Å²) in [7, 11) is 0. The summed E-state index contributed by atoms with van der Waals surface area (Å²) in [5.74, 6) is 0.916. The second kappa shape index (κ2) is 6.42. The first-order valence-corrected chi connectivity index (χ1v) is 7.00. The first-order valence-electron chi connectivity index (χ1n) is 7.00. The van der Waals surface area contributed by atoms with Gasteiger partial charge in [-0.05, 0) is 49.2 Å². The Morgan fingerprint density at radius 2 is 2.05 bits per heavy atom. The smallest absolute Gasteiger partial charge is 0.130 e. The van der Waals surface area contributed by atoms with E-state index in [1.807, 2.05) is 6.08 Å². The van der Waals surface area contributed by atoms with Crippen LogP contribution in [0.1, 0.15) is 46.5 Å². The molecule has 1 rings (SSSR count). The summed E-state index contributed by atoms with van der Waals surface area (Å²) in [5.41, 5.74) is 4.01. The van der Waals surface area contributed by atoms with E-state index in [-0.39, 0.29) is 5.41 Å². The van der Waals surface area contributed by atoms with Gasteiger partial charge in [-0.2, -0.15) is 10.5 Å². The van der Waals surface area contributed by atoms with Gasteiger partial charge < -0.3 is 0 Å². The molecule has 0 spiro atoms. The topological polar surface area (TPSA) is 47.6 Å². The van der Waals surface area contributed by atoms with Crippen LogP contribution in [0.4, 0.5) is 0 Å². The Morgan fingerprint density at radius 3 is 2.47 bits per heavy atom. The molecule has 1 fully saturated rings. The molecule has 2 nitrogen and oxygen atoms in total. The minimum Gasteiger partial charge on any atom is -0.192 e. The maximum atomic E-state index is 9.27. The molecule has 3 unspecified atom stereocenters. The van der Waals surface area contributed by atoms with Crippen molar-refractivity contribution in [3.8, 4) is 12.1 Å². The summed E-state index contributed by atoms with van der Waals surface area (Å²) >= 11 is 0. The first-order chi connectivity index (χ1) is 9.08. The van der Waals surface area contributed by atoms with E-state index >= 15 is 0 Å². The Labute approximate surface area is 116 Å². The Balaban J connectivity index is 3.55. The van der Waals surface area contributed by atoms with Crippen molar-refractivity contribution in [1.29, 1.82) is 10.5 Å². The molecule has 2 heteroatoms. The van der Waals surface area contributed by atoms with Gasteiger partial charge in [0.25, 0.3) is 0 Å². The Bertz CT molecular complexity index is 478. The van der Waals surface area contributed by atoms with Crippen molar-refractivity contribution in [2.45, 2.75) is 46.5 Å². The molecule has 0 amide bonds. The van der Waals surface area contributed by atoms with E-state index in [2.05, 4.69) is 45.2 Å². The van der Waals surface area contributed by atoms with Gasteiger partial charge >= 0.3 is 0 Å². The average Bonchev–Trinajstić information content (AvgIpc) is 2.41. The summed E-state index contributed by atoms with van der Waals surface area (Å²) < 4.78 is 0. The van der Waals surface area contributed by atoms with Gasteiger partial charge in [-0.1, -0.05) is 27.4 Å². The fourth-order valence-corrected chi connectivity index (χ4v) is 3.56. The van der Waals surface area contributed by atoms with Crippen LogP contribution in [0.5, 0.6) is 0 Å². The average molecular weight is 254 g/mol. The lowest BCUT2D eigenvalue weighted by molar-refractivity contribution is 0.215. The van der Waals surface area contributed by atoms with Crippen LogP contribution >= 0.6 is 0 Å². The molecule has 0 N–H and O–H groups in total. The van der Waals surface area contributed by atoms with E-state index in [1.54, 1.807) is 0 Å². The molecule has 0 saturated heterocycles. The summed E-state index contributed by atoms with van der Waals surface area (Å²) in [5, 5.41) is 18.5. The highest BCUT2D eigenvalue weighted by Gasteiger charge is 2.42. The van der Waals surface area contributed by atoms with E-state index < -0.39 is 0 Å². The minimum atomic E-state index is -0.207. The molecule has 100 valence electrons. The number of nitriles is 2. The predicted octanol–water partition coefficient (Wildman–Crippen LogP) is 4.52. The van der Waals surface area contributed by atoms with Crippen LogP contribution in [0.25, 0.3) is 0 Å². The van der Waals surface area contributed by atoms with Crippen LogP contribution in [-0.2, 0) is 0 Å². The lowest BCUT2D eigenvalue weighted by atomic mass is 9.59. The second-order valence-corrected chi connectivity index (χ2v) is 5.52. The van der Waals surface area contributed by atoms with Crippen LogP contribution in [0, 0.1) is 39.9 Å². The number of rotatable bonds is 3. The fourth-order valence-electron chi connectivity index (χ4n) is 3.56. The number of hydrogen-bond donors (Lipinski definition) is 0. The molecular weight excluding hydrogens is 232 g/mol. The van der Waals surface area contributed by atoms with Crippen LogP contribution in [-0.4, -0.2) is 0 Å². The molecule has 1 saturated carbocycles. The zero-order chi connectivity index (χ0) is 14.5. The van der Waals surface area contributed by atoms with Crippen molar-refractivity contribution in [2.24, 2.45) is 17.3 Å². The van der Waals surface area contributed by atoms with Gasteiger partial charge in [0.2, 0.25) is 0 Å². The van der Waals surface area contributed by atoms with Gasteiger partial charge in [0, 0.05) is 5.41 Å². The van der Waals surface area contributed by atoms with Gasteiger partial charge in [-0.25, -0.2) is 0 Å². The van der Waals surface area contributed by atoms with Crippen LogP contribution in [0.15, 0.2) is 29.5 Å². The van der Waals surface area contributed by atoms with Crippen LogP contribution in [0.3, 0.4) is 0 Å². The second-order valence-electron chi connectivity index (χ2n) is 5.52. The van der Waals surface area contributed by atoms with Crippen molar-refractivity contribution >= 4 is 0 Å². The first kappa shape index (κ1) is 15.3. The predicted molar refractivity (Wildman–Crippen MR) is 76.9 cm³/mol. The number of allylic oxidation sites excluding steroid dienone is 3. The highest BCUT2D eigenvalue weighted by Crippen LogP contribution is 2.51. The van der Waals surface area contributed by atoms with Gasteiger partial charge in [-0.15, -0.1) is 5.73 Å². The molecule has 0 aromatic rings. The summed E-state index contributed by atoms with van der Waals surface area (Å²) in [6.45, 7) is 10.2. The Kier molecular flexibility index (Phi) is 5.17. The summed E-state index contributed by atoms with van der Waals surface area (Å²) in [6, 6.07) is 4.20.